The molecule has 1 nitrogen and oxygen atoms in total. The van der Waals surface area contributed by atoms with Gasteiger partial charge in [0.2, 0.25) is 0 Å². The van der Waals surface area contributed by atoms with Crippen LogP contribution in [0.25, 0.3) is 0 Å². The standard InChI is InChI=1S/C9H13N/c1-5-7-6-3-4-9(6,7)8(5,2)10/h6-7H,1,3-4,10H2,2H3/p+1. The summed E-state index contributed by atoms with van der Waals surface area (Å²) in [4.78, 5) is 0. The first kappa shape index (κ1) is 5.36. The Morgan fingerprint density at radius 2 is 2.40 bits per heavy atom. The van der Waals surface area contributed by atoms with Crippen molar-refractivity contribution in [3.63, 3.8) is 0 Å². The zero-order valence-electron chi connectivity index (χ0n) is 6.48. The Balaban J connectivity index is 2.10. The minimum atomic E-state index is 0.264. The molecule has 0 aromatic heterocycles. The molecule has 1 spiro atoms. The molecule has 54 valence electrons. The summed E-state index contributed by atoms with van der Waals surface area (Å²) in [6.45, 7) is 6.38. The van der Waals surface area contributed by atoms with Crippen LogP contribution in [0.5, 0.6) is 0 Å². The van der Waals surface area contributed by atoms with E-state index in [4.69, 9.17) is 0 Å². The number of fused-ring (bicyclic) bond motifs is 1. The van der Waals surface area contributed by atoms with Gasteiger partial charge in [-0.2, -0.15) is 0 Å². The lowest BCUT2D eigenvalue weighted by Crippen LogP contribution is -2.81. The Morgan fingerprint density at radius 3 is 2.60 bits per heavy atom. The average molecular weight is 136 g/mol. The van der Waals surface area contributed by atoms with Crippen LogP contribution in [0, 0.1) is 17.3 Å². The summed E-state index contributed by atoms with van der Waals surface area (Å²) in [6, 6.07) is 0. The molecular weight excluding hydrogens is 122 g/mol. The first-order chi connectivity index (χ1) is 4.62. The lowest BCUT2D eigenvalue weighted by molar-refractivity contribution is -0.495. The number of rotatable bonds is 0. The Bertz CT molecular complexity index is 241. The lowest BCUT2D eigenvalue weighted by Gasteiger charge is -2.45. The van der Waals surface area contributed by atoms with Crippen molar-refractivity contribution in [2.45, 2.75) is 25.3 Å². The quantitative estimate of drug-likeness (QED) is 0.472. The highest BCUT2D eigenvalue weighted by Crippen LogP contribution is 2.86. The average Bonchev–Trinajstić information content (AvgIpc) is 2.27. The van der Waals surface area contributed by atoms with Crippen LogP contribution in [0.2, 0.25) is 0 Å². The summed E-state index contributed by atoms with van der Waals surface area (Å²) in [5.41, 5.74) is 6.64. The maximum Gasteiger partial charge on any atom is 0.120 e. The van der Waals surface area contributed by atoms with E-state index in [-0.39, 0.29) is 5.54 Å². The summed E-state index contributed by atoms with van der Waals surface area (Å²) in [5, 5.41) is 0. The van der Waals surface area contributed by atoms with Crippen LogP contribution in [0.4, 0.5) is 0 Å². The Hall–Kier alpha value is -0.300. The van der Waals surface area contributed by atoms with Crippen molar-refractivity contribution in [1.82, 2.24) is 0 Å². The molecule has 3 N–H and O–H groups in total. The van der Waals surface area contributed by atoms with Gasteiger partial charge in [0.1, 0.15) is 5.54 Å². The summed E-state index contributed by atoms with van der Waals surface area (Å²) < 4.78 is 0. The van der Waals surface area contributed by atoms with Crippen LogP contribution in [0.15, 0.2) is 12.2 Å². The fraction of sp³-hybridized carbons (Fsp3) is 0.778. The highest BCUT2D eigenvalue weighted by Gasteiger charge is 2.88. The van der Waals surface area contributed by atoms with E-state index in [1.54, 1.807) is 0 Å². The molecule has 0 bridgehead atoms. The fourth-order valence-corrected chi connectivity index (χ4v) is 3.61. The van der Waals surface area contributed by atoms with Crippen molar-refractivity contribution in [2.75, 3.05) is 0 Å². The maximum atomic E-state index is 4.25. The second kappa shape index (κ2) is 1.00. The first-order valence-corrected chi connectivity index (χ1v) is 4.17. The molecule has 0 aromatic carbocycles. The molecule has 3 fully saturated rings. The molecule has 0 aliphatic heterocycles. The van der Waals surface area contributed by atoms with Gasteiger partial charge in [0, 0.05) is 11.3 Å². The van der Waals surface area contributed by atoms with Gasteiger partial charge in [-0.3, -0.25) is 0 Å². The van der Waals surface area contributed by atoms with E-state index in [9.17, 15) is 0 Å². The largest absolute Gasteiger partial charge is 0.349 e. The third kappa shape index (κ3) is 0.231. The van der Waals surface area contributed by atoms with Crippen LogP contribution in [-0.2, 0) is 0 Å². The Labute approximate surface area is 61.3 Å². The van der Waals surface area contributed by atoms with Crippen molar-refractivity contribution in [3.05, 3.63) is 12.2 Å². The van der Waals surface area contributed by atoms with Crippen LogP contribution in [-0.4, -0.2) is 5.54 Å². The molecular formula is C9H14N+. The molecule has 3 rings (SSSR count). The van der Waals surface area contributed by atoms with E-state index in [2.05, 4.69) is 19.2 Å². The van der Waals surface area contributed by atoms with Crippen LogP contribution in [0.1, 0.15) is 19.8 Å². The number of hydrogen-bond acceptors (Lipinski definition) is 0. The van der Waals surface area contributed by atoms with E-state index in [1.165, 1.54) is 18.4 Å². The first-order valence-electron chi connectivity index (χ1n) is 4.17. The van der Waals surface area contributed by atoms with Gasteiger partial charge in [-0.1, -0.05) is 6.58 Å². The van der Waals surface area contributed by atoms with Gasteiger partial charge >= 0.3 is 0 Å². The monoisotopic (exact) mass is 136 g/mol. The fourth-order valence-electron chi connectivity index (χ4n) is 3.61. The van der Waals surface area contributed by atoms with E-state index < -0.39 is 0 Å². The molecule has 4 unspecified atom stereocenters. The second-order valence-corrected chi connectivity index (χ2v) is 4.52. The van der Waals surface area contributed by atoms with Crippen LogP contribution < -0.4 is 5.73 Å². The van der Waals surface area contributed by atoms with Crippen molar-refractivity contribution in [2.24, 2.45) is 17.3 Å². The molecule has 3 saturated carbocycles. The lowest BCUT2D eigenvalue weighted by atomic mass is 9.60. The highest BCUT2D eigenvalue weighted by atomic mass is 15.0. The maximum absolute atomic E-state index is 4.25. The molecule has 10 heavy (non-hydrogen) atoms. The predicted octanol–water partition coefficient (Wildman–Crippen LogP) is 0.583. The minimum Gasteiger partial charge on any atom is -0.349 e. The molecule has 4 atom stereocenters. The van der Waals surface area contributed by atoms with Crippen LogP contribution in [0.3, 0.4) is 0 Å². The van der Waals surface area contributed by atoms with Gasteiger partial charge in [-0.05, 0) is 31.3 Å². The third-order valence-electron chi connectivity index (χ3n) is 4.49. The summed E-state index contributed by atoms with van der Waals surface area (Å²) in [5.74, 6) is 1.93. The molecule has 0 aromatic rings. The van der Waals surface area contributed by atoms with E-state index in [0.29, 0.717) is 5.41 Å². The minimum absolute atomic E-state index is 0.264. The molecule has 0 heterocycles. The van der Waals surface area contributed by atoms with Gasteiger partial charge in [-0.25, -0.2) is 0 Å². The van der Waals surface area contributed by atoms with Gasteiger partial charge in [0.25, 0.3) is 0 Å². The zero-order chi connectivity index (χ0) is 7.15. The second-order valence-electron chi connectivity index (χ2n) is 4.52. The van der Waals surface area contributed by atoms with E-state index >= 15 is 0 Å². The summed E-state index contributed by atoms with van der Waals surface area (Å²) in [7, 11) is 0. The SMILES string of the molecule is C=C1C2C3CCC32C1(C)[NH3+]. The highest BCUT2D eigenvalue weighted by molar-refractivity contribution is 5.50. The van der Waals surface area contributed by atoms with E-state index in [1.807, 2.05) is 0 Å². The Morgan fingerprint density at radius 1 is 1.70 bits per heavy atom. The molecule has 1 heteroatoms. The molecule has 3 aliphatic carbocycles. The van der Waals surface area contributed by atoms with Gasteiger partial charge in [0.15, 0.2) is 0 Å². The number of hydrogen-bond donors (Lipinski definition) is 1. The molecule has 3 aliphatic rings. The zero-order valence-corrected chi connectivity index (χ0v) is 6.48. The molecule has 0 radical (unpaired) electrons. The number of quaternary nitrogens is 1. The van der Waals surface area contributed by atoms with E-state index in [0.717, 1.165) is 11.8 Å². The summed E-state index contributed by atoms with van der Waals surface area (Å²) >= 11 is 0. The molecule has 0 saturated heterocycles. The third-order valence-corrected chi connectivity index (χ3v) is 4.49. The smallest absolute Gasteiger partial charge is 0.120 e. The van der Waals surface area contributed by atoms with Crippen molar-refractivity contribution in [3.8, 4) is 0 Å². The predicted molar refractivity (Wildman–Crippen MR) is 39.1 cm³/mol. The van der Waals surface area contributed by atoms with Crippen LogP contribution >= 0.6 is 0 Å². The summed E-state index contributed by atoms with van der Waals surface area (Å²) in [6.07, 6.45) is 2.89. The topological polar surface area (TPSA) is 27.6 Å². The molecule has 0 amide bonds. The van der Waals surface area contributed by atoms with Crippen molar-refractivity contribution >= 4 is 0 Å². The normalized spacial score (nSPS) is 69.2. The van der Waals surface area contributed by atoms with Gasteiger partial charge in [-0.15, -0.1) is 0 Å². The van der Waals surface area contributed by atoms with Gasteiger partial charge in [0.05, 0.1) is 0 Å². The van der Waals surface area contributed by atoms with Gasteiger partial charge < -0.3 is 5.73 Å². The van der Waals surface area contributed by atoms with Crippen molar-refractivity contribution in [1.29, 1.82) is 0 Å². The van der Waals surface area contributed by atoms with Crippen molar-refractivity contribution < 1.29 is 5.73 Å². The Kier molecular flexibility index (Phi) is 0.537.